The van der Waals surface area contributed by atoms with E-state index in [4.69, 9.17) is 10.2 Å². The van der Waals surface area contributed by atoms with Gasteiger partial charge >= 0.3 is 0 Å². The second kappa shape index (κ2) is 7.28. The van der Waals surface area contributed by atoms with Crippen molar-refractivity contribution in [2.75, 3.05) is 11.1 Å². The van der Waals surface area contributed by atoms with Gasteiger partial charge in [-0.2, -0.15) is 0 Å². The zero-order chi connectivity index (χ0) is 16.9. The number of thioether (sulfide) groups is 1. The number of carbonyl (C=O) groups excluding carboxylic acids is 2. The summed E-state index contributed by atoms with van der Waals surface area (Å²) in [7, 11) is 0. The zero-order valence-electron chi connectivity index (χ0n) is 12.3. The minimum absolute atomic E-state index is 0.0686. The number of hydrogen-bond acceptors (Lipinski definition) is 7. The van der Waals surface area contributed by atoms with Crippen LogP contribution in [0.1, 0.15) is 10.4 Å². The van der Waals surface area contributed by atoms with Gasteiger partial charge in [0.05, 0.1) is 21.9 Å². The van der Waals surface area contributed by atoms with Gasteiger partial charge in [-0.25, -0.2) is 0 Å². The number of primary amides is 1. The zero-order valence-corrected chi connectivity index (χ0v) is 13.9. The summed E-state index contributed by atoms with van der Waals surface area (Å²) in [5.74, 6) is -0.410. The summed E-state index contributed by atoms with van der Waals surface area (Å²) in [5, 5.41) is 12.7. The van der Waals surface area contributed by atoms with Crippen molar-refractivity contribution in [2.45, 2.75) is 5.22 Å². The molecule has 0 bridgehead atoms. The first-order valence-electron chi connectivity index (χ1n) is 6.82. The van der Waals surface area contributed by atoms with Gasteiger partial charge in [0.15, 0.2) is 0 Å². The van der Waals surface area contributed by atoms with Crippen LogP contribution in [0.5, 0.6) is 0 Å². The number of para-hydroxylation sites is 1. The maximum absolute atomic E-state index is 12.0. The molecule has 0 aliphatic heterocycles. The molecule has 24 heavy (non-hydrogen) atoms. The summed E-state index contributed by atoms with van der Waals surface area (Å²) in [6.07, 6.45) is 0. The van der Waals surface area contributed by atoms with E-state index in [0.29, 0.717) is 16.8 Å². The van der Waals surface area contributed by atoms with Crippen LogP contribution in [0.15, 0.2) is 51.4 Å². The third-order valence-corrected chi connectivity index (χ3v) is 4.61. The van der Waals surface area contributed by atoms with E-state index in [9.17, 15) is 9.59 Å². The van der Waals surface area contributed by atoms with E-state index >= 15 is 0 Å². The molecule has 9 heteroatoms. The molecule has 0 spiro atoms. The number of nitrogens with two attached hydrogens (primary N) is 1. The molecule has 2 aromatic heterocycles. The third-order valence-electron chi connectivity index (χ3n) is 2.93. The Hall–Kier alpha value is -2.65. The molecule has 1 aromatic carbocycles. The second-order valence-corrected chi connectivity index (χ2v) is 6.47. The Labute approximate surface area is 145 Å². The highest BCUT2D eigenvalue weighted by Crippen LogP contribution is 2.26. The highest BCUT2D eigenvalue weighted by atomic mass is 32.2. The van der Waals surface area contributed by atoms with Crippen molar-refractivity contribution >= 4 is 40.6 Å². The van der Waals surface area contributed by atoms with Gasteiger partial charge < -0.3 is 15.5 Å². The van der Waals surface area contributed by atoms with E-state index in [1.54, 1.807) is 24.3 Å². The lowest BCUT2D eigenvalue weighted by molar-refractivity contribution is -0.113. The number of amides is 2. The Balaban J connectivity index is 1.59. The number of anilines is 1. The normalized spacial score (nSPS) is 10.5. The molecule has 0 saturated heterocycles. The van der Waals surface area contributed by atoms with Crippen molar-refractivity contribution in [3.05, 3.63) is 47.3 Å². The summed E-state index contributed by atoms with van der Waals surface area (Å²) >= 11 is 2.61. The number of hydrogen-bond donors (Lipinski definition) is 2. The van der Waals surface area contributed by atoms with Gasteiger partial charge in [-0.15, -0.1) is 21.5 Å². The molecule has 0 fully saturated rings. The molecular weight excluding hydrogens is 348 g/mol. The van der Waals surface area contributed by atoms with Crippen LogP contribution in [-0.4, -0.2) is 27.8 Å². The number of benzene rings is 1. The van der Waals surface area contributed by atoms with E-state index in [2.05, 4.69) is 15.5 Å². The van der Waals surface area contributed by atoms with Crippen LogP contribution in [0.3, 0.4) is 0 Å². The molecule has 3 N–H and O–H groups in total. The fourth-order valence-electron chi connectivity index (χ4n) is 1.89. The maximum atomic E-state index is 12.0. The third kappa shape index (κ3) is 3.81. The van der Waals surface area contributed by atoms with Crippen molar-refractivity contribution in [3.8, 4) is 10.8 Å². The highest BCUT2D eigenvalue weighted by molar-refractivity contribution is 7.99. The molecule has 3 aromatic rings. The van der Waals surface area contributed by atoms with E-state index < -0.39 is 5.91 Å². The minimum Gasteiger partial charge on any atom is -0.410 e. The van der Waals surface area contributed by atoms with E-state index in [1.165, 1.54) is 11.3 Å². The van der Waals surface area contributed by atoms with Crippen LogP contribution >= 0.6 is 23.1 Å². The molecule has 0 aliphatic carbocycles. The minimum atomic E-state index is -0.601. The first-order chi connectivity index (χ1) is 11.6. The molecule has 3 rings (SSSR count). The number of aromatic nitrogens is 2. The second-order valence-electron chi connectivity index (χ2n) is 4.60. The van der Waals surface area contributed by atoms with Crippen molar-refractivity contribution in [3.63, 3.8) is 0 Å². The predicted molar refractivity (Wildman–Crippen MR) is 91.9 cm³/mol. The van der Waals surface area contributed by atoms with Gasteiger partial charge in [-0.3, -0.25) is 9.59 Å². The number of nitrogens with zero attached hydrogens (tertiary/aromatic N) is 2. The lowest BCUT2D eigenvalue weighted by atomic mass is 10.1. The summed E-state index contributed by atoms with van der Waals surface area (Å²) in [6.45, 7) is 0. The molecule has 0 saturated carbocycles. The molecule has 0 radical (unpaired) electrons. The fraction of sp³-hybridized carbons (Fsp3) is 0.0667. The van der Waals surface area contributed by atoms with Gasteiger partial charge in [0, 0.05) is 0 Å². The predicted octanol–water partition coefficient (Wildman–Crippen LogP) is 2.63. The van der Waals surface area contributed by atoms with Gasteiger partial charge in [0.25, 0.3) is 17.0 Å². The number of thiophene rings is 1. The van der Waals surface area contributed by atoms with E-state index in [-0.39, 0.29) is 17.2 Å². The first kappa shape index (κ1) is 16.2. The average Bonchev–Trinajstić information content (AvgIpc) is 3.24. The molecule has 2 heterocycles. The van der Waals surface area contributed by atoms with Crippen LogP contribution in [0.25, 0.3) is 10.8 Å². The van der Waals surface area contributed by atoms with Crippen LogP contribution in [0.2, 0.25) is 0 Å². The molecule has 0 aliphatic rings. The first-order valence-corrected chi connectivity index (χ1v) is 8.69. The van der Waals surface area contributed by atoms with Crippen LogP contribution in [0.4, 0.5) is 5.69 Å². The highest BCUT2D eigenvalue weighted by Gasteiger charge is 2.14. The Kier molecular flexibility index (Phi) is 4.92. The maximum Gasteiger partial charge on any atom is 0.277 e. The Bertz CT molecular complexity index is 861. The Morgan fingerprint density at radius 1 is 1.21 bits per heavy atom. The van der Waals surface area contributed by atoms with Crippen molar-refractivity contribution in [2.24, 2.45) is 5.73 Å². The van der Waals surface area contributed by atoms with Crippen LogP contribution in [-0.2, 0) is 4.79 Å². The number of carbonyl (C=O) groups is 2. The molecule has 2 amide bonds. The Morgan fingerprint density at radius 3 is 2.79 bits per heavy atom. The standard InChI is InChI=1S/C15H12N4O3S2/c16-13(21)9-4-1-2-5-10(9)17-12(20)8-24-15-19-18-14(22-15)11-6-3-7-23-11/h1-7H,8H2,(H2,16,21)(H,17,20). The van der Waals surface area contributed by atoms with E-state index in [0.717, 1.165) is 16.6 Å². The van der Waals surface area contributed by atoms with Gasteiger partial charge in [-0.05, 0) is 23.6 Å². The van der Waals surface area contributed by atoms with Crippen LogP contribution in [0, 0.1) is 0 Å². The number of nitrogens with one attached hydrogen (secondary N) is 1. The van der Waals surface area contributed by atoms with Crippen LogP contribution < -0.4 is 11.1 Å². The average molecular weight is 360 g/mol. The summed E-state index contributed by atoms with van der Waals surface area (Å²) in [4.78, 5) is 24.2. The van der Waals surface area contributed by atoms with Gasteiger partial charge in [-0.1, -0.05) is 30.0 Å². The fourth-order valence-corrected chi connectivity index (χ4v) is 3.10. The molecule has 7 nitrogen and oxygen atoms in total. The summed E-state index contributed by atoms with van der Waals surface area (Å²) in [6, 6.07) is 10.3. The van der Waals surface area contributed by atoms with Gasteiger partial charge in [0.2, 0.25) is 5.91 Å². The molecule has 0 unspecified atom stereocenters. The monoisotopic (exact) mass is 360 g/mol. The van der Waals surface area contributed by atoms with E-state index in [1.807, 2.05) is 17.5 Å². The molecular formula is C15H12N4O3S2. The largest absolute Gasteiger partial charge is 0.410 e. The van der Waals surface area contributed by atoms with Crippen molar-refractivity contribution in [1.82, 2.24) is 10.2 Å². The summed E-state index contributed by atoms with van der Waals surface area (Å²) < 4.78 is 5.49. The Morgan fingerprint density at radius 2 is 2.04 bits per heavy atom. The van der Waals surface area contributed by atoms with Crippen molar-refractivity contribution in [1.29, 1.82) is 0 Å². The molecule has 122 valence electrons. The SMILES string of the molecule is NC(=O)c1ccccc1NC(=O)CSc1nnc(-c2cccs2)o1. The smallest absolute Gasteiger partial charge is 0.277 e. The van der Waals surface area contributed by atoms with Crippen molar-refractivity contribution < 1.29 is 14.0 Å². The molecule has 0 atom stereocenters. The van der Waals surface area contributed by atoms with Gasteiger partial charge in [0.1, 0.15) is 0 Å². The topological polar surface area (TPSA) is 111 Å². The summed E-state index contributed by atoms with van der Waals surface area (Å²) in [5.41, 5.74) is 5.91. The lowest BCUT2D eigenvalue weighted by Crippen LogP contribution is -2.19. The lowest BCUT2D eigenvalue weighted by Gasteiger charge is -2.07. The quantitative estimate of drug-likeness (QED) is 0.654. The number of rotatable bonds is 6.